The molecule has 0 unspecified atom stereocenters. The Kier molecular flexibility index (Phi) is 7.49. The maximum absolute atomic E-state index is 14.5. The van der Waals surface area contributed by atoms with Gasteiger partial charge in [-0.3, -0.25) is 14.5 Å². The molecular formula is C24H32FN3O3. The number of rotatable bonds is 9. The Morgan fingerprint density at radius 1 is 1.32 bits per heavy atom. The SMILES string of the molecule is C=CCC1(CC=C)CCCN1C(=O)C[C@H]1C(=O)NCCN1Cc1ccc(OC)cc1F. The highest BCUT2D eigenvalue weighted by Gasteiger charge is 2.43. The summed E-state index contributed by atoms with van der Waals surface area (Å²) in [6, 6.07) is 4.07. The normalized spacial score (nSPS) is 20.9. The first-order valence-corrected chi connectivity index (χ1v) is 10.8. The first-order chi connectivity index (χ1) is 14.9. The van der Waals surface area contributed by atoms with Gasteiger partial charge in [-0.1, -0.05) is 18.2 Å². The molecule has 2 aliphatic heterocycles. The van der Waals surface area contributed by atoms with Crippen LogP contribution in [0.3, 0.4) is 0 Å². The molecule has 6 nitrogen and oxygen atoms in total. The highest BCUT2D eigenvalue weighted by Crippen LogP contribution is 2.37. The van der Waals surface area contributed by atoms with E-state index < -0.39 is 6.04 Å². The summed E-state index contributed by atoms with van der Waals surface area (Å²) in [6.45, 7) is 9.68. The summed E-state index contributed by atoms with van der Waals surface area (Å²) in [5, 5.41) is 2.85. The van der Waals surface area contributed by atoms with Crippen LogP contribution in [0.25, 0.3) is 0 Å². The third-order valence-electron chi connectivity index (χ3n) is 6.39. The number of nitrogens with zero attached hydrogens (tertiary/aromatic N) is 2. The minimum atomic E-state index is -0.631. The molecule has 31 heavy (non-hydrogen) atoms. The Morgan fingerprint density at radius 3 is 2.71 bits per heavy atom. The Labute approximate surface area is 183 Å². The third kappa shape index (κ3) is 4.98. The van der Waals surface area contributed by atoms with Gasteiger partial charge >= 0.3 is 0 Å². The van der Waals surface area contributed by atoms with Crippen LogP contribution in [0.2, 0.25) is 0 Å². The lowest BCUT2D eigenvalue weighted by atomic mass is 9.87. The van der Waals surface area contributed by atoms with Crippen molar-refractivity contribution in [3.63, 3.8) is 0 Å². The Balaban J connectivity index is 1.77. The zero-order valence-electron chi connectivity index (χ0n) is 18.2. The van der Waals surface area contributed by atoms with Gasteiger partial charge in [0.05, 0.1) is 19.6 Å². The van der Waals surface area contributed by atoms with E-state index in [1.165, 1.54) is 13.2 Å². The molecule has 2 aliphatic rings. The number of benzene rings is 1. The van der Waals surface area contributed by atoms with E-state index in [1.807, 2.05) is 22.0 Å². The number of amides is 2. The zero-order chi connectivity index (χ0) is 22.4. The largest absolute Gasteiger partial charge is 0.497 e. The van der Waals surface area contributed by atoms with Gasteiger partial charge in [0.2, 0.25) is 11.8 Å². The molecule has 1 N–H and O–H groups in total. The summed E-state index contributed by atoms with van der Waals surface area (Å²) >= 11 is 0. The van der Waals surface area contributed by atoms with Crippen LogP contribution in [-0.4, -0.2) is 59.9 Å². The van der Waals surface area contributed by atoms with Crippen molar-refractivity contribution in [3.8, 4) is 5.75 Å². The molecule has 2 saturated heterocycles. The van der Waals surface area contributed by atoms with Gasteiger partial charge < -0.3 is 15.0 Å². The second kappa shape index (κ2) is 10.1. The molecule has 7 heteroatoms. The minimum absolute atomic E-state index is 0.0524. The highest BCUT2D eigenvalue weighted by molar-refractivity contribution is 5.89. The predicted molar refractivity (Wildman–Crippen MR) is 118 cm³/mol. The molecule has 0 aromatic heterocycles. The van der Waals surface area contributed by atoms with E-state index in [1.54, 1.807) is 12.1 Å². The summed E-state index contributed by atoms with van der Waals surface area (Å²) in [5.74, 6) is -0.181. The minimum Gasteiger partial charge on any atom is -0.497 e. The molecule has 2 heterocycles. The van der Waals surface area contributed by atoms with E-state index in [4.69, 9.17) is 4.74 Å². The fourth-order valence-electron chi connectivity index (χ4n) is 4.82. The van der Waals surface area contributed by atoms with Crippen LogP contribution >= 0.6 is 0 Å². The molecule has 0 bridgehead atoms. The monoisotopic (exact) mass is 429 g/mol. The van der Waals surface area contributed by atoms with Crippen molar-refractivity contribution < 1.29 is 18.7 Å². The van der Waals surface area contributed by atoms with Crippen molar-refractivity contribution >= 4 is 11.8 Å². The third-order valence-corrected chi connectivity index (χ3v) is 6.39. The standard InChI is InChI=1S/C24H32FN3O3/c1-4-9-24(10-5-2)11-6-13-28(24)22(29)16-21-23(30)26-12-14-27(21)17-18-7-8-19(31-3)15-20(18)25/h4-5,7-8,15,21H,1-2,6,9-14,16-17H2,3H3,(H,26,30)/t21-/m0/s1. The van der Waals surface area contributed by atoms with Crippen molar-refractivity contribution in [1.82, 2.24) is 15.1 Å². The number of hydrogen-bond donors (Lipinski definition) is 1. The molecule has 0 saturated carbocycles. The van der Waals surface area contributed by atoms with E-state index >= 15 is 0 Å². The quantitative estimate of drug-likeness (QED) is 0.613. The number of halogens is 1. The molecule has 2 fully saturated rings. The fourth-order valence-corrected chi connectivity index (χ4v) is 4.82. The van der Waals surface area contributed by atoms with E-state index in [2.05, 4.69) is 18.5 Å². The summed E-state index contributed by atoms with van der Waals surface area (Å²) < 4.78 is 19.6. The van der Waals surface area contributed by atoms with E-state index in [-0.39, 0.29) is 36.1 Å². The molecule has 168 valence electrons. The molecule has 0 spiro atoms. The van der Waals surface area contributed by atoms with Crippen LogP contribution in [0.15, 0.2) is 43.5 Å². The average molecular weight is 430 g/mol. The fraction of sp³-hybridized carbons (Fsp3) is 0.500. The van der Waals surface area contributed by atoms with Crippen molar-refractivity contribution in [2.24, 2.45) is 0 Å². The summed E-state index contributed by atoms with van der Waals surface area (Å²) in [7, 11) is 1.49. The van der Waals surface area contributed by atoms with Gasteiger partial charge in [0.1, 0.15) is 11.6 Å². The summed E-state index contributed by atoms with van der Waals surface area (Å²) in [6.07, 6.45) is 6.98. The van der Waals surface area contributed by atoms with Crippen LogP contribution in [0.1, 0.15) is 37.7 Å². The Hall–Kier alpha value is -2.67. The van der Waals surface area contributed by atoms with Crippen LogP contribution in [-0.2, 0) is 16.1 Å². The number of ether oxygens (including phenoxy) is 1. The molecule has 0 radical (unpaired) electrons. The maximum atomic E-state index is 14.5. The smallest absolute Gasteiger partial charge is 0.237 e. The van der Waals surface area contributed by atoms with E-state index in [9.17, 15) is 14.0 Å². The van der Waals surface area contributed by atoms with Crippen molar-refractivity contribution in [1.29, 1.82) is 0 Å². The molecule has 0 aliphatic carbocycles. The maximum Gasteiger partial charge on any atom is 0.237 e. The molecule has 1 aromatic carbocycles. The molecular weight excluding hydrogens is 397 g/mol. The summed E-state index contributed by atoms with van der Waals surface area (Å²) in [4.78, 5) is 29.8. The van der Waals surface area contributed by atoms with Crippen LogP contribution < -0.4 is 10.1 Å². The number of carbonyl (C=O) groups is 2. The Morgan fingerprint density at radius 2 is 2.06 bits per heavy atom. The van der Waals surface area contributed by atoms with Gasteiger partial charge in [0.15, 0.2) is 0 Å². The topological polar surface area (TPSA) is 61.9 Å². The Bertz CT molecular complexity index is 831. The van der Waals surface area contributed by atoms with Gasteiger partial charge in [-0.25, -0.2) is 4.39 Å². The van der Waals surface area contributed by atoms with Crippen molar-refractivity contribution in [2.45, 2.75) is 50.2 Å². The van der Waals surface area contributed by atoms with Crippen molar-refractivity contribution in [3.05, 3.63) is 54.9 Å². The molecule has 1 atom stereocenters. The lowest BCUT2D eigenvalue weighted by molar-refractivity contribution is -0.141. The number of methoxy groups -OCH3 is 1. The number of carbonyl (C=O) groups excluding carboxylic acids is 2. The first-order valence-electron chi connectivity index (χ1n) is 10.8. The van der Waals surface area contributed by atoms with E-state index in [0.717, 1.165) is 12.8 Å². The van der Waals surface area contributed by atoms with Gasteiger partial charge in [-0.15, -0.1) is 13.2 Å². The lowest BCUT2D eigenvalue weighted by Gasteiger charge is -2.40. The van der Waals surface area contributed by atoms with Crippen LogP contribution in [0.5, 0.6) is 5.75 Å². The lowest BCUT2D eigenvalue weighted by Crippen LogP contribution is -2.57. The van der Waals surface area contributed by atoms with Gasteiger partial charge in [-0.2, -0.15) is 0 Å². The number of nitrogens with one attached hydrogen (secondary N) is 1. The van der Waals surface area contributed by atoms with Crippen LogP contribution in [0, 0.1) is 5.82 Å². The second-order valence-corrected chi connectivity index (χ2v) is 8.30. The molecule has 2 amide bonds. The van der Waals surface area contributed by atoms with Gasteiger partial charge in [0.25, 0.3) is 0 Å². The second-order valence-electron chi connectivity index (χ2n) is 8.30. The zero-order valence-corrected chi connectivity index (χ0v) is 18.2. The molecule has 3 rings (SSSR count). The number of likely N-dealkylation sites (tertiary alicyclic amines) is 1. The molecule has 1 aromatic rings. The number of piperazine rings is 1. The number of hydrogen-bond acceptors (Lipinski definition) is 4. The van der Waals surface area contributed by atoms with E-state index in [0.29, 0.717) is 43.8 Å². The van der Waals surface area contributed by atoms with Gasteiger partial charge in [0, 0.05) is 43.3 Å². The first kappa shape index (κ1) is 23.0. The average Bonchev–Trinajstić information content (AvgIpc) is 3.15. The highest BCUT2D eigenvalue weighted by atomic mass is 19.1. The van der Waals surface area contributed by atoms with Crippen molar-refractivity contribution in [2.75, 3.05) is 26.7 Å². The predicted octanol–water partition coefficient (Wildman–Crippen LogP) is 3.04. The van der Waals surface area contributed by atoms with Crippen LogP contribution in [0.4, 0.5) is 4.39 Å². The van der Waals surface area contributed by atoms with Gasteiger partial charge in [-0.05, 0) is 31.7 Å². The summed E-state index contributed by atoms with van der Waals surface area (Å²) in [5.41, 5.74) is 0.167.